The minimum atomic E-state index is -0.285. The largest absolute Gasteiger partial charge is 0.490 e. The van der Waals surface area contributed by atoms with E-state index in [0.717, 1.165) is 16.2 Å². The van der Waals surface area contributed by atoms with Crippen molar-refractivity contribution in [2.24, 2.45) is 0 Å². The van der Waals surface area contributed by atoms with Crippen LogP contribution in [0.5, 0.6) is 0 Å². The van der Waals surface area contributed by atoms with Crippen LogP contribution < -0.4 is 0 Å². The molecule has 0 bridgehead atoms. The number of halogens is 1. The molecule has 0 spiro atoms. The minimum absolute atomic E-state index is 0.285. The highest BCUT2D eigenvalue weighted by atomic mass is 35.5. The summed E-state index contributed by atoms with van der Waals surface area (Å²) in [5, 5.41) is 0.745. The molecule has 0 radical (unpaired) electrons. The van der Waals surface area contributed by atoms with E-state index >= 15 is 0 Å². The zero-order valence-electron chi connectivity index (χ0n) is 11.0. The second-order valence-electron chi connectivity index (χ2n) is 5.21. The van der Waals surface area contributed by atoms with Crippen LogP contribution in [0.25, 0.3) is 5.57 Å². The first kappa shape index (κ1) is 12.3. The number of rotatable bonds is 1. The Balaban J connectivity index is 2.14. The Kier molecular flexibility index (Phi) is 2.87. The number of hydrogen-bond donors (Lipinski definition) is 0. The van der Waals surface area contributed by atoms with Gasteiger partial charge >= 0.3 is 0 Å². The van der Waals surface area contributed by atoms with E-state index in [1.54, 1.807) is 0 Å². The summed E-state index contributed by atoms with van der Waals surface area (Å²) in [5.41, 5.74) is 4.37. The van der Waals surface area contributed by atoms with Crippen molar-refractivity contribution in [2.75, 3.05) is 0 Å². The van der Waals surface area contributed by atoms with Crippen molar-refractivity contribution in [3.05, 3.63) is 76.5 Å². The first-order chi connectivity index (χ1) is 9.08. The monoisotopic (exact) mass is 270 g/mol. The third kappa shape index (κ3) is 2.15. The summed E-state index contributed by atoms with van der Waals surface area (Å²) in [6.45, 7) is 4.17. The molecule has 19 heavy (non-hydrogen) atoms. The van der Waals surface area contributed by atoms with E-state index in [4.69, 9.17) is 16.3 Å². The molecule has 0 N–H and O–H groups in total. The molecule has 2 aromatic rings. The molecule has 0 saturated heterocycles. The molecule has 0 aromatic heterocycles. The van der Waals surface area contributed by atoms with E-state index in [1.807, 2.05) is 30.5 Å². The van der Waals surface area contributed by atoms with Gasteiger partial charge < -0.3 is 4.74 Å². The van der Waals surface area contributed by atoms with Crippen molar-refractivity contribution in [3.63, 3.8) is 0 Å². The smallest absolute Gasteiger partial charge is 0.128 e. The van der Waals surface area contributed by atoms with Gasteiger partial charge in [0.05, 0.1) is 6.26 Å². The zero-order chi connectivity index (χ0) is 13.5. The lowest BCUT2D eigenvalue weighted by Gasteiger charge is -2.32. The van der Waals surface area contributed by atoms with E-state index in [2.05, 4.69) is 38.1 Å². The third-order valence-corrected chi connectivity index (χ3v) is 3.74. The average Bonchev–Trinajstić information content (AvgIpc) is 2.41. The maximum Gasteiger partial charge on any atom is 0.128 e. The van der Waals surface area contributed by atoms with Gasteiger partial charge in [-0.15, -0.1) is 0 Å². The number of benzene rings is 2. The van der Waals surface area contributed by atoms with Crippen LogP contribution in [0.15, 0.2) is 54.8 Å². The lowest BCUT2D eigenvalue weighted by Crippen LogP contribution is -2.24. The normalized spacial score (nSPS) is 16.3. The summed E-state index contributed by atoms with van der Waals surface area (Å²) in [4.78, 5) is 0. The first-order valence-corrected chi connectivity index (χ1v) is 6.69. The van der Waals surface area contributed by atoms with E-state index in [0.29, 0.717) is 0 Å². The van der Waals surface area contributed by atoms with Gasteiger partial charge in [0.2, 0.25) is 0 Å². The average molecular weight is 271 g/mol. The van der Waals surface area contributed by atoms with Gasteiger partial charge in [0.25, 0.3) is 0 Å². The van der Waals surface area contributed by atoms with Crippen LogP contribution >= 0.6 is 11.6 Å². The number of hydrogen-bond acceptors (Lipinski definition) is 1. The molecule has 0 fully saturated rings. The fraction of sp³-hybridized carbons (Fsp3) is 0.176. The van der Waals surface area contributed by atoms with Gasteiger partial charge in [0.1, 0.15) is 5.60 Å². The van der Waals surface area contributed by atoms with Crippen molar-refractivity contribution in [3.8, 4) is 0 Å². The quantitative estimate of drug-likeness (QED) is 0.709. The molecule has 3 rings (SSSR count). The predicted molar refractivity (Wildman–Crippen MR) is 79.1 cm³/mol. The molecule has 0 aliphatic carbocycles. The van der Waals surface area contributed by atoms with Crippen LogP contribution in [0.3, 0.4) is 0 Å². The summed E-state index contributed by atoms with van der Waals surface area (Å²) in [6, 6.07) is 16.2. The van der Waals surface area contributed by atoms with Gasteiger partial charge in [-0.25, -0.2) is 0 Å². The summed E-state index contributed by atoms with van der Waals surface area (Å²) in [6.07, 6.45) is 1.85. The van der Waals surface area contributed by atoms with Gasteiger partial charge in [-0.05, 0) is 37.1 Å². The lowest BCUT2D eigenvalue weighted by molar-refractivity contribution is 0.0522. The van der Waals surface area contributed by atoms with Crippen molar-refractivity contribution in [2.45, 2.75) is 19.4 Å². The molecule has 1 nitrogen and oxygen atoms in total. The maximum atomic E-state index is 5.95. The standard InChI is InChI=1S/C17H15ClO/c1-17(2)16-6-4-3-5-14(16)15(11-19-17)12-7-9-13(18)10-8-12/h3-11H,1-2H3. The Morgan fingerprint density at radius 2 is 1.63 bits per heavy atom. The van der Waals surface area contributed by atoms with Crippen LogP contribution in [-0.4, -0.2) is 0 Å². The Labute approximate surface area is 118 Å². The Morgan fingerprint density at radius 3 is 2.37 bits per heavy atom. The highest BCUT2D eigenvalue weighted by Gasteiger charge is 2.29. The summed E-state index contributed by atoms with van der Waals surface area (Å²) < 4.78 is 5.89. The van der Waals surface area contributed by atoms with Gasteiger partial charge in [0.15, 0.2) is 0 Å². The van der Waals surface area contributed by atoms with E-state index in [-0.39, 0.29) is 5.60 Å². The maximum absolute atomic E-state index is 5.95. The molecule has 0 saturated carbocycles. The molecule has 96 valence electrons. The summed E-state index contributed by atoms with van der Waals surface area (Å²) >= 11 is 5.95. The third-order valence-electron chi connectivity index (χ3n) is 3.49. The molecule has 2 aromatic carbocycles. The zero-order valence-corrected chi connectivity index (χ0v) is 11.7. The highest BCUT2D eigenvalue weighted by molar-refractivity contribution is 6.30. The Morgan fingerprint density at radius 1 is 0.947 bits per heavy atom. The van der Waals surface area contributed by atoms with Crippen LogP contribution in [0, 0.1) is 0 Å². The second-order valence-corrected chi connectivity index (χ2v) is 5.65. The molecule has 1 aliphatic rings. The van der Waals surface area contributed by atoms with Crippen molar-refractivity contribution in [1.29, 1.82) is 0 Å². The molecule has 0 unspecified atom stereocenters. The minimum Gasteiger partial charge on any atom is -0.490 e. The van der Waals surface area contributed by atoms with Crippen LogP contribution in [0.2, 0.25) is 5.02 Å². The summed E-state index contributed by atoms with van der Waals surface area (Å²) in [5.74, 6) is 0. The molecule has 1 aliphatic heterocycles. The SMILES string of the molecule is CC1(C)OC=C(c2ccc(Cl)cc2)c2ccccc21. The van der Waals surface area contributed by atoms with Crippen molar-refractivity contribution < 1.29 is 4.74 Å². The number of ether oxygens (including phenoxy) is 1. The summed E-state index contributed by atoms with van der Waals surface area (Å²) in [7, 11) is 0. The Hall–Kier alpha value is -1.73. The topological polar surface area (TPSA) is 9.23 Å². The van der Waals surface area contributed by atoms with Crippen LogP contribution in [0.1, 0.15) is 30.5 Å². The van der Waals surface area contributed by atoms with Crippen molar-refractivity contribution in [1.82, 2.24) is 0 Å². The van der Waals surface area contributed by atoms with E-state index in [9.17, 15) is 0 Å². The number of fused-ring (bicyclic) bond motifs is 1. The van der Waals surface area contributed by atoms with Gasteiger partial charge in [-0.3, -0.25) is 0 Å². The molecular formula is C17H15ClO. The molecule has 0 amide bonds. The Bertz CT molecular complexity index is 639. The molecule has 2 heteroatoms. The first-order valence-electron chi connectivity index (χ1n) is 6.32. The lowest BCUT2D eigenvalue weighted by atomic mass is 9.85. The van der Waals surface area contributed by atoms with Crippen molar-refractivity contribution >= 4 is 17.2 Å². The van der Waals surface area contributed by atoms with Gasteiger partial charge in [-0.1, -0.05) is 48.0 Å². The van der Waals surface area contributed by atoms with E-state index in [1.165, 1.54) is 11.1 Å². The molecule has 0 atom stereocenters. The highest BCUT2D eigenvalue weighted by Crippen LogP contribution is 2.39. The fourth-order valence-electron chi connectivity index (χ4n) is 2.43. The van der Waals surface area contributed by atoms with E-state index < -0.39 is 0 Å². The molecule has 1 heterocycles. The second kappa shape index (κ2) is 4.43. The van der Waals surface area contributed by atoms with Gasteiger partial charge in [0, 0.05) is 16.2 Å². The van der Waals surface area contributed by atoms with Gasteiger partial charge in [-0.2, -0.15) is 0 Å². The van der Waals surface area contributed by atoms with Crippen LogP contribution in [-0.2, 0) is 10.3 Å². The predicted octanol–water partition coefficient (Wildman–Crippen LogP) is 4.99. The fourth-order valence-corrected chi connectivity index (χ4v) is 2.56. The van der Waals surface area contributed by atoms with Crippen LogP contribution in [0.4, 0.5) is 0 Å². The molecular weight excluding hydrogens is 256 g/mol.